The summed E-state index contributed by atoms with van der Waals surface area (Å²) in [5, 5.41) is 12.4. The normalized spacial score (nSPS) is 12.2. The number of fused-ring (bicyclic) bond motifs is 1. The third-order valence-electron chi connectivity index (χ3n) is 4.53. The molecule has 8 heteroatoms. The van der Waals surface area contributed by atoms with Gasteiger partial charge in [0.25, 0.3) is 0 Å². The average Bonchev–Trinajstić information content (AvgIpc) is 3.35. The van der Waals surface area contributed by atoms with E-state index in [0.717, 1.165) is 23.9 Å². The first kappa shape index (κ1) is 19.3. The summed E-state index contributed by atoms with van der Waals surface area (Å²) in [6.07, 6.45) is 1.12. The van der Waals surface area contributed by atoms with Crippen LogP contribution in [0, 0.1) is 0 Å². The van der Waals surface area contributed by atoms with Gasteiger partial charge in [0.1, 0.15) is 5.82 Å². The molecular formula is C21H22N4O3S. The maximum Gasteiger partial charge on any atom is 0.231 e. The van der Waals surface area contributed by atoms with Crippen LogP contribution in [0.25, 0.3) is 0 Å². The van der Waals surface area contributed by atoms with E-state index in [2.05, 4.69) is 39.1 Å². The summed E-state index contributed by atoms with van der Waals surface area (Å²) in [5.41, 5.74) is 1.90. The molecule has 29 heavy (non-hydrogen) atoms. The third-order valence-corrected chi connectivity index (χ3v) is 5.50. The first-order valence-corrected chi connectivity index (χ1v) is 10.5. The fraction of sp³-hybridized carbons (Fsp3) is 0.286. The Morgan fingerprint density at radius 3 is 2.79 bits per heavy atom. The number of hydrogen-bond donors (Lipinski definition) is 1. The van der Waals surface area contributed by atoms with Crippen LogP contribution in [0.5, 0.6) is 11.5 Å². The highest BCUT2D eigenvalue weighted by molar-refractivity contribution is 7.99. The summed E-state index contributed by atoms with van der Waals surface area (Å²) in [5.74, 6) is 2.86. The predicted octanol–water partition coefficient (Wildman–Crippen LogP) is 3.74. The molecule has 2 aromatic carbocycles. The molecule has 1 aromatic heterocycles. The third kappa shape index (κ3) is 4.71. The van der Waals surface area contributed by atoms with Crippen molar-refractivity contribution >= 4 is 23.4 Å². The van der Waals surface area contributed by atoms with Gasteiger partial charge in [0.2, 0.25) is 12.7 Å². The van der Waals surface area contributed by atoms with Crippen LogP contribution in [0.2, 0.25) is 0 Å². The van der Waals surface area contributed by atoms with Crippen molar-refractivity contribution in [1.29, 1.82) is 0 Å². The molecule has 0 aliphatic carbocycles. The number of benzene rings is 2. The van der Waals surface area contributed by atoms with Gasteiger partial charge in [-0.25, -0.2) is 0 Å². The van der Waals surface area contributed by atoms with Gasteiger partial charge < -0.3 is 19.4 Å². The van der Waals surface area contributed by atoms with Gasteiger partial charge in [-0.15, -0.1) is 10.2 Å². The summed E-state index contributed by atoms with van der Waals surface area (Å²) in [6, 6.07) is 15.6. The van der Waals surface area contributed by atoms with E-state index < -0.39 is 0 Å². The number of carbonyl (C=O) groups excluding carboxylic acids is 1. The molecule has 0 radical (unpaired) electrons. The maximum absolute atomic E-state index is 12.3. The van der Waals surface area contributed by atoms with E-state index >= 15 is 0 Å². The van der Waals surface area contributed by atoms with Crippen LogP contribution in [-0.2, 0) is 17.8 Å². The molecule has 4 rings (SSSR count). The second-order valence-electron chi connectivity index (χ2n) is 6.52. The van der Waals surface area contributed by atoms with Crippen LogP contribution in [-0.4, -0.2) is 33.2 Å². The minimum absolute atomic E-state index is 0.0524. The quantitative estimate of drug-likeness (QED) is 0.570. The fourth-order valence-electron chi connectivity index (χ4n) is 3.09. The highest BCUT2D eigenvalue weighted by Crippen LogP contribution is 2.34. The van der Waals surface area contributed by atoms with Crippen LogP contribution in [0.15, 0.2) is 53.7 Å². The smallest absolute Gasteiger partial charge is 0.231 e. The molecule has 1 amide bonds. The summed E-state index contributed by atoms with van der Waals surface area (Å²) < 4.78 is 12.7. The van der Waals surface area contributed by atoms with Crippen molar-refractivity contribution in [2.24, 2.45) is 0 Å². The lowest BCUT2D eigenvalue weighted by Crippen LogP contribution is -2.12. The lowest BCUT2D eigenvalue weighted by atomic mass is 10.1. The van der Waals surface area contributed by atoms with Crippen molar-refractivity contribution in [3.05, 3.63) is 59.9 Å². The zero-order valence-corrected chi connectivity index (χ0v) is 16.9. The molecule has 0 fully saturated rings. The van der Waals surface area contributed by atoms with E-state index in [1.54, 1.807) is 23.9 Å². The first-order chi connectivity index (χ1) is 14.2. The number of hydrogen-bond acceptors (Lipinski definition) is 6. The molecule has 0 saturated heterocycles. The molecule has 0 unspecified atom stereocenters. The number of carbonyl (C=O) groups is 1. The van der Waals surface area contributed by atoms with E-state index in [-0.39, 0.29) is 12.7 Å². The summed E-state index contributed by atoms with van der Waals surface area (Å²) in [7, 11) is 0. The van der Waals surface area contributed by atoms with Crippen molar-refractivity contribution < 1.29 is 14.3 Å². The van der Waals surface area contributed by atoms with E-state index in [1.165, 1.54) is 5.56 Å². The predicted molar refractivity (Wildman–Crippen MR) is 111 cm³/mol. The number of anilines is 1. The molecular weight excluding hydrogens is 388 g/mol. The molecule has 0 saturated carbocycles. The van der Waals surface area contributed by atoms with Crippen LogP contribution >= 0.6 is 11.8 Å². The van der Waals surface area contributed by atoms with Gasteiger partial charge in [0, 0.05) is 36.9 Å². The van der Waals surface area contributed by atoms with Crippen LogP contribution < -0.4 is 14.8 Å². The molecule has 2 heterocycles. The molecule has 0 spiro atoms. The Balaban J connectivity index is 1.30. The Morgan fingerprint density at radius 2 is 1.97 bits per heavy atom. The summed E-state index contributed by atoms with van der Waals surface area (Å²) >= 11 is 1.55. The molecule has 1 N–H and O–H groups in total. The number of nitrogens with one attached hydrogen (secondary N) is 1. The molecule has 1 aliphatic heterocycles. The molecule has 7 nitrogen and oxygen atoms in total. The van der Waals surface area contributed by atoms with Gasteiger partial charge in [-0.3, -0.25) is 4.79 Å². The van der Waals surface area contributed by atoms with Gasteiger partial charge in [-0.05, 0) is 24.6 Å². The van der Waals surface area contributed by atoms with Gasteiger partial charge in [-0.2, -0.15) is 0 Å². The monoisotopic (exact) mass is 410 g/mol. The van der Waals surface area contributed by atoms with Crippen molar-refractivity contribution in [1.82, 2.24) is 14.8 Å². The molecule has 150 valence electrons. The highest BCUT2D eigenvalue weighted by Gasteiger charge is 2.15. The van der Waals surface area contributed by atoms with Crippen LogP contribution in [0.3, 0.4) is 0 Å². The zero-order valence-electron chi connectivity index (χ0n) is 16.1. The first-order valence-electron chi connectivity index (χ1n) is 9.51. The second-order valence-corrected chi connectivity index (χ2v) is 7.58. The van der Waals surface area contributed by atoms with Crippen molar-refractivity contribution in [2.45, 2.75) is 31.5 Å². The maximum atomic E-state index is 12.3. The lowest BCUT2D eigenvalue weighted by Gasteiger charge is -2.08. The number of thioether (sulfide) groups is 1. The largest absolute Gasteiger partial charge is 0.454 e. The number of aromatic nitrogens is 3. The van der Waals surface area contributed by atoms with Crippen molar-refractivity contribution in [2.75, 3.05) is 17.9 Å². The molecule has 0 atom stereocenters. The minimum atomic E-state index is -0.0524. The Kier molecular flexibility index (Phi) is 6.00. The minimum Gasteiger partial charge on any atom is -0.454 e. The summed E-state index contributed by atoms with van der Waals surface area (Å²) in [4.78, 5) is 12.3. The van der Waals surface area contributed by atoms with Crippen LogP contribution in [0.1, 0.15) is 24.7 Å². The van der Waals surface area contributed by atoms with Gasteiger partial charge in [-0.1, -0.05) is 42.1 Å². The topological polar surface area (TPSA) is 78.3 Å². The Labute approximate surface area is 173 Å². The Bertz CT molecular complexity index is 991. The Morgan fingerprint density at radius 1 is 1.14 bits per heavy atom. The molecule has 3 aromatic rings. The van der Waals surface area contributed by atoms with Gasteiger partial charge in [0.15, 0.2) is 16.7 Å². The number of ether oxygens (including phenoxy) is 2. The van der Waals surface area contributed by atoms with Gasteiger partial charge >= 0.3 is 0 Å². The Hall–Kier alpha value is -3.00. The number of amides is 1. The fourth-order valence-corrected chi connectivity index (χ4v) is 4.04. The van der Waals surface area contributed by atoms with E-state index in [1.807, 2.05) is 24.3 Å². The van der Waals surface area contributed by atoms with E-state index in [4.69, 9.17) is 9.47 Å². The second kappa shape index (κ2) is 9.00. The van der Waals surface area contributed by atoms with Crippen LogP contribution in [0.4, 0.5) is 5.69 Å². The SMILES string of the molecule is CCn1c(Cc2ccccc2)nnc1SCCC(=O)Nc1ccc2c(c1)OCO2. The standard InChI is InChI=1S/C21H22N4O3S/c1-2-25-19(12-15-6-4-3-5-7-15)23-24-21(25)29-11-10-20(26)22-16-8-9-17-18(13-16)28-14-27-17/h3-9,13H,2,10-12,14H2,1H3,(H,22,26). The highest BCUT2D eigenvalue weighted by atomic mass is 32.2. The average molecular weight is 410 g/mol. The summed E-state index contributed by atoms with van der Waals surface area (Å²) in [6.45, 7) is 3.09. The number of nitrogens with zero attached hydrogens (tertiary/aromatic N) is 3. The van der Waals surface area contributed by atoms with Gasteiger partial charge in [0.05, 0.1) is 0 Å². The van der Waals surface area contributed by atoms with E-state index in [9.17, 15) is 4.79 Å². The number of rotatable bonds is 8. The van der Waals surface area contributed by atoms with Crippen molar-refractivity contribution in [3.63, 3.8) is 0 Å². The van der Waals surface area contributed by atoms with E-state index in [0.29, 0.717) is 29.4 Å². The van der Waals surface area contributed by atoms with Crippen molar-refractivity contribution in [3.8, 4) is 11.5 Å². The molecule has 1 aliphatic rings. The zero-order chi connectivity index (χ0) is 20.1. The lowest BCUT2D eigenvalue weighted by molar-refractivity contribution is -0.115. The molecule has 0 bridgehead atoms.